The van der Waals surface area contributed by atoms with Crippen LogP contribution in [-0.2, 0) is 17.9 Å². The van der Waals surface area contributed by atoms with Crippen LogP contribution in [0.3, 0.4) is 0 Å². The third kappa shape index (κ3) is 9.08. The van der Waals surface area contributed by atoms with Crippen LogP contribution in [0.4, 0.5) is 10.1 Å². The summed E-state index contributed by atoms with van der Waals surface area (Å²) in [6.45, 7) is 4.19. The molecule has 0 aliphatic heterocycles. The van der Waals surface area contributed by atoms with E-state index in [2.05, 4.69) is 10.6 Å². The van der Waals surface area contributed by atoms with Crippen LogP contribution >= 0.6 is 24.0 Å². The van der Waals surface area contributed by atoms with Crippen molar-refractivity contribution in [3.05, 3.63) is 65.5 Å². The van der Waals surface area contributed by atoms with Crippen LogP contribution in [0, 0.1) is 5.82 Å². The molecule has 6 nitrogen and oxygen atoms in total. The van der Waals surface area contributed by atoms with Gasteiger partial charge >= 0.3 is 0 Å². The van der Waals surface area contributed by atoms with E-state index in [0.29, 0.717) is 19.6 Å². The number of benzene rings is 2. The average molecular weight is 527 g/mol. The lowest BCUT2D eigenvalue weighted by Crippen LogP contribution is -2.38. The summed E-state index contributed by atoms with van der Waals surface area (Å²) in [5.41, 5.74) is 2.76. The first-order chi connectivity index (χ1) is 13.9. The number of likely N-dealkylation sites (N-methyl/N-ethyl adjacent to an activating group) is 1. The Morgan fingerprint density at radius 1 is 1.07 bits per heavy atom. The van der Waals surface area contributed by atoms with E-state index >= 15 is 0 Å². The molecule has 0 spiro atoms. The number of nitrogens with zero attached hydrogens (tertiary/aromatic N) is 3. The van der Waals surface area contributed by atoms with Gasteiger partial charge in [0.1, 0.15) is 5.82 Å². The molecular weight excluding hydrogens is 496 g/mol. The molecule has 30 heavy (non-hydrogen) atoms. The Kier molecular flexibility index (Phi) is 11.3. The minimum absolute atomic E-state index is 0. The van der Waals surface area contributed by atoms with Crippen molar-refractivity contribution in [3.8, 4) is 0 Å². The first kappa shape index (κ1) is 25.8. The van der Waals surface area contributed by atoms with Crippen LogP contribution in [0.2, 0.25) is 0 Å². The van der Waals surface area contributed by atoms with Gasteiger partial charge in [0.15, 0.2) is 5.96 Å². The topological polar surface area (TPSA) is 60.0 Å². The molecule has 164 valence electrons. The fourth-order valence-electron chi connectivity index (χ4n) is 2.81. The second-order valence-corrected chi connectivity index (χ2v) is 7.14. The summed E-state index contributed by atoms with van der Waals surface area (Å²) in [5, 5.41) is 6.18. The second kappa shape index (κ2) is 13.2. The smallest absolute Gasteiger partial charge is 0.238 e. The Morgan fingerprint density at radius 3 is 2.40 bits per heavy atom. The molecule has 0 heterocycles. The molecule has 0 radical (unpaired) electrons. The van der Waals surface area contributed by atoms with Crippen molar-refractivity contribution in [1.29, 1.82) is 0 Å². The zero-order valence-electron chi connectivity index (χ0n) is 18.0. The van der Waals surface area contributed by atoms with Crippen LogP contribution in [0.15, 0.2) is 53.5 Å². The Morgan fingerprint density at radius 2 is 1.77 bits per heavy atom. The number of nitrogens with one attached hydrogen (secondary N) is 2. The summed E-state index contributed by atoms with van der Waals surface area (Å²) in [6.07, 6.45) is 0. The van der Waals surface area contributed by atoms with Crippen molar-refractivity contribution >= 4 is 41.5 Å². The largest absolute Gasteiger partial charge is 0.357 e. The first-order valence-corrected chi connectivity index (χ1v) is 9.64. The van der Waals surface area contributed by atoms with Crippen LogP contribution in [0.1, 0.15) is 18.1 Å². The number of carbonyl (C=O) groups is 1. The number of carbonyl (C=O) groups excluding carboxylic acids is 1. The fourth-order valence-corrected chi connectivity index (χ4v) is 2.81. The minimum Gasteiger partial charge on any atom is -0.357 e. The number of halogens is 2. The number of aliphatic imine (C=N–C) groups is 1. The van der Waals surface area contributed by atoms with Crippen molar-refractivity contribution in [3.63, 3.8) is 0 Å². The molecule has 8 heteroatoms. The molecule has 0 atom stereocenters. The van der Waals surface area contributed by atoms with E-state index in [1.807, 2.05) is 62.1 Å². The highest BCUT2D eigenvalue weighted by atomic mass is 127. The summed E-state index contributed by atoms with van der Waals surface area (Å²) in [7, 11) is 5.66. The predicted octanol–water partition coefficient (Wildman–Crippen LogP) is 3.54. The summed E-state index contributed by atoms with van der Waals surface area (Å²) in [5.74, 6) is 0.469. The van der Waals surface area contributed by atoms with Crippen molar-refractivity contribution in [1.82, 2.24) is 15.1 Å². The van der Waals surface area contributed by atoms with Crippen molar-refractivity contribution < 1.29 is 9.18 Å². The van der Waals surface area contributed by atoms with Crippen LogP contribution in [0.25, 0.3) is 0 Å². The van der Waals surface area contributed by atoms with E-state index in [4.69, 9.17) is 4.99 Å². The molecule has 0 aromatic heterocycles. The molecular formula is C22H31FIN5O. The van der Waals surface area contributed by atoms with Crippen LogP contribution in [0.5, 0.6) is 0 Å². The number of anilines is 1. The lowest BCUT2D eigenvalue weighted by Gasteiger charge is -2.22. The maximum Gasteiger partial charge on any atom is 0.238 e. The number of guanidine groups is 1. The van der Waals surface area contributed by atoms with E-state index < -0.39 is 0 Å². The molecule has 0 bridgehead atoms. The van der Waals surface area contributed by atoms with Gasteiger partial charge < -0.3 is 20.4 Å². The number of rotatable bonds is 8. The monoisotopic (exact) mass is 527 g/mol. The lowest BCUT2D eigenvalue weighted by atomic mass is 10.2. The normalized spacial score (nSPS) is 11.1. The molecule has 2 N–H and O–H groups in total. The third-order valence-corrected chi connectivity index (χ3v) is 4.11. The van der Waals surface area contributed by atoms with Gasteiger partial charge in [-0.15, -0.1) is 24.0 Å². The standard InChI is InChI=1S/C22H30FN5O.HI/c1-5-24-22(28(4)15-17-9-11-19(23)12-10-17)25-14-18-7-6-8-20(13-18)26-21(29)16-27(2)3;/h6-13H,5,14-16H2,1-4H3,(H,24,25)(H,26,29);1H. The summed E-state index contributed by atoms with van der Waals surface area (Å²) in [4.78, 5) is 20.5. The maximum atomic E-state index is 13.1. The van der Waals surface area contributed by atoms with Crippen LogP contribution in [-0.4, -0.2) is 55.9 Å². The SMILES string of the molecule is CCNC(=NCc1cccc(NC(=O)CN(C)C)c1)N(C)Cc1ccc(F)cc1.I. The fraction of sp³-hybridized carbons (Fsp3) is 0.364. The molecule has 0 saturated heterocycles. The number of hydrogen-bond acceptors (Lipinski definition) is 3. The van der Waals surface area contributed by atoms with Gasteiger partial charge in [-0.3, -0.25) is 4.79 Å². The highest BCUT2D eigenvalue weighted by Gasteiger charge is 2.08. The van der Waals surface area contributed by atoms with E-state index in [1.165, 1.54) is 12.1 Å². The Bertz CT molecular complexity index is 827. The second-order valence-electron chi connectivity index (χ2n) is 7.14. The average Bonchev–Trinajstić information content (AvgIpc) is 2.66. The highest BCUT2D eigenvalue weighted by molar-refractivity contribution is 14.0. The van der Waals surface area contributed by atoms with Gasteiger partial charge in [0.25, 0.3) is 0 Å². The van der Waals surface area contributed by atoms with Gasteiger partial charge in [0.05, 0.1) is 13.1 Å². The molecule has 2 rings (SSSR count). The van der Waals surface area contributed by atoms with Gasteiger partial charge in [-0.2, -0.15) is 0 Å². The highest BCUT2D eigenvalue weighted by Crippen LogP contribution is 2.12. The Balaban J connectivity index is 0.00000450. The van der Waals surface area contributed by atoms with Gasteiger partial charge in [0.2, 0.25) is 5.91 Å². The molecule has 2 aromatic rings. The first-order valence-electron chi connectivity index (χ1n) is 9.64. The summed E-state index contributed by atoms with van der Waals surface area (Å²) >= 11 is 0. The van der Waals surface area contributed by atoms with Gasteiger partial charge in [-0.25, -0.2) is 9.38 Å². The van der Waals surface area contributed by atoms with Gasteiger partial charge in [-0.1, -0.05) is 24.3 Å². The van der Waals surface area contributed by atoms with Crippen molar-refractivity contribution in [2.75, 3.05) is 39.5 Å². The number of hydrogen-bond donors (Lipinski definition) is 2. The van der Waals surface area contributed by atoms with E-state index in [9.17, 15) is 9.18 Å². The Hall–Kier alpha value is -2.20. The molecule has 0 fully saturated rings. The quantitative estimate of drug-likeness (QED) is 0.314. The van der Waals surface area contributed by atoms with E-state index in [-0.39, 0.29) is 35.7 Å². The molecule has 0 aliphatic rings. The summed E-state index contributed by atoms with van der Waals surface area (Å²) in [6, 6.07) is 14.2. The third-order valence-electron chi connectivity index (χ3n) is 4.11. The van der Waals surface area contributed by atoms with Crippen molar-refractivity contribution in [2.24, 2.45) is 4.99 Å². The van der Waals surface area contributed by atoms with Gasteiger partial charge in [-0.05, 0) is 56.4 Å². The minimum atomic E-state index is -0.241. The zero-order chi connectivity index (χ0) is 21.2. The molecule has 0 unspecified atom stereocenters. The molecule has 0 aliphatic carbocycles. The predicted molar refractivity (Wildman–Crippen MR) is 132 cm³/mol. The van der Waals surface area contributed by atoms with Crippen molar-refractivity contribution in [2.45, 2.75) is 20.0 Å². The molecule has 1 amide bonds. The van der Waals surface area contributed by atoms with E-state index in [1.54, 1.807) is 12.1 Å². The maximum absolute atomic E-state index is 13.1. The Labute approximate surface area is 195 Å². The van der Waals surface area contributed by atoms with Crippen LogP contribution < -0.4 is 10.6 Å². The molecule has 2 aromatic carbocycles. The number of amides is 1. The molecule has 0 saturated carbocycles. The van der Waals surface area contributed by atoms with E-state index in [0.717, 1.165) is 29.3 Å². The zero-order valence-corrected chi connectivity index (χ0v) is 20.3. The van der Waals surface area contributed by atoms with Gasteiger partial charge in [0, 0.05) is 25.8 Å². The lowest BCUT2D eigenvalue weighted by molar-refractivity contribution is -0.116. The summed E-state index contributed by atoms with van der Waals surface area (Å²) < 4.78 is 13.1.